The Bertz CT molecular complexity index is 1290. The second-order valence-electron chi connectivity index (χ2n) is 5.81. The van der Waals surface area contributed by atoms with Crippen molar-refractivity contribution in [2.45, 2.75) is 18.4 Å². The van der Waals surface area contributed by atoms with Crippen LogP contribution in [0.4, 0.5) is 5.69 Å². The molecule has 3 N–H and O–H groups in total. The molecule has 26 heavy (non-hydrogen) atoms. The third-order valence-corrected chi connectivity index (χ3v) is 5.44. The van der Waals surface area contributed by atoms with Crippen LogP contribution in [0, 0.1) is 0 Å². The smallest absolute Gasteiger partial charge is 0.279 e. The number of anilines is 1. The number of nitrogens with zero attached hydrogens (tertiary/aromatic N) is 2. The Labute approximate surface area is 148 Å². The fourth-order valence-corrected chi connectivity index (χ4v) is 3.95. The maximum atomic E-state index is 12.7. The van der Waals surface area contributed by atoms with E-state index in [1.54, 1.807) is 24.3 Å². The minimum atomic E-state index is -3.91. The highest BCUT2D eigenvalue weighted by molar-refractivity contribution is 7.92. The van der Waals surface area contributed by atoms with Gasteiger partial charge >= 0.3 is 0 Å². The number of nitrogens with one attached hydrogen (secondary N) is 3. The van der Waals surface area contributed by atoms with Gasteiger partial charge in [0.25, 0.3) is 10.0 Å². The first-order valence-electron chi connectivity index (χ1n) is 7.96. The van der Waals surface area contributed by atoms with Crippen molar-refractivity contribution in [3.63, 3.8) is 0 Å². The molecule has 0 radical (unpaired) electrons. The Morgan fingerprint density at radius 1 is 1.15 bits per heavy atom. The van der Waals surface area contributed by atoms with Crippen molar-refractivity contribution < 1.29 is 8.42 Å². The Kier molecular flexibility index (Phi) is 3.73. The summed E-state index contributed by atoms with van der Waals surface area (Å²) < 4.78 is 27.9. The van der Waals surface area contributed by atoms with Crippen molar-refractivity contribution in [2.75, 3.05) is 4.72 Å². The van der Waals surface area contributed by atoms with Crippen LogP contribution in [0.25, 0.3) is 21.9 Å². The van der Waals surface area contributed by atoms with Gasteiger partial charge < -0.3 is 4.98 Å². The molecule has 0 amide bonds. The number of hydrogen-bond donors (Lipinski definition) is 3. The van der Waals surface area contributed by atoms with E-state index in [1.165, 1.54) is 18.3 Å². The minimum absolute atomic E-state index is 0.0732. The van der Waals surface area contributed by atoms with Crippen molar-refractivity contribution in [3.05, 3.63) is 58.5 Å². The van der Waals surface area contributed by atoms with Gasteiger partial charge in [0.1, 0.15) is 0 Å². The van der Waals surface area contributed by atoms with E-state index in [9.17, 15) is 13.2 Å². The lowest BCUT2D eigenvalue weighted by molar-refractivity contribution is 0.598. The van der Waals surface area contributed by atoms with Gasteiger partial charge in [-0.15, -0.1) is 0 Å². The number of pyridine rings is 2. The average Bonchev–Trinajstić information content (AvgIpc) is 3.07. The molecule has 3 aromatic heterocycles. The van der Waals surface area contributed by atoms with E-state index < -0.39 is 10.0 Å². The Morgan fingerprint density at radius 3 is 2.81 bits per heavy atom. The predicted molar refractivity (Wildman–Crippen MR) is 98.6 cm³/mol. The first kappa shape index (κ1) is 16.3. The summed E-state index contributed by atoms with van der Waals surface area (Å²) in [7, 11) is -3.91. The van der Waals surface area contributed by atoms with Crippen molar-refractivity contribution >= 4 is 37.6 Å². The van der Waals surface area contributed by atoms with Gasteiger partial charge in [0.2, 0.25) is 0 Å². The molecule has 4 aromatic rings. The van der Waals surface area contributed by atoms with Crippen molar-refractivity contribution in [1.29, 1.82) is 0 Å². The van der Waals surface area contributed by atoms with E-state index in [2.05, 4.69) is 24.9 Å². The SMILES string of the molecule is CCc1cc(=O)c2cc(NS(=O)(=O)c3[nH]nc4ncccc34)ccc2[nH]1. The van der Waals surface area contributed by atoms with Crippen LogP contribution < -0.4 is 10.2 Å². The van der Waals surface area contributed by atoms with E-state index in [0.29, 0.717) is 34.0 Å². The number of rotatable bonds is 4. The number of fused-ring (bicyclic) bond motifs is 2. The van der Waals surface area contributed by atoms with Crippen molar-refractivity contribution in [2.24, 2.45) is 0 Å². The Hall–Kier alpha value is -3.20. The van der Waals surface area contributed by atoms with Crippen LogP contribution in [0.15, 0.2) is 52.4 Å². The standard InChI is InChI=1S/C17H15N5O3S/c1-2-10-9-15(23)13-8-11(5-6-14(13)19-10)22-26(24,25)17-12-4-3-7-18-16(12)20-21-17/h3-9,22H,2H2,1H3,(H,19,23)(H,18,20,21). The molecule has 1 aromatic carbocycles. The molecule has 132 valence electrons. The summed E-state index contributed by atoms with van der Waals surface area (Å²) in [6, 6.07) is 9.58. The van der Waals surface area contributed by atoms with E-state index >= 15 is 0 Å². The molecule has 0 bridgehead atoms. The third kappa shape index (κ3) is 2.72. The lowest BCUT2D eigenvalue weighted by Crippen LogP contribution is -2.14. The zero-order chi connectivity index (χ0) is 18.3. The summed E-state index contributed by atoms with van der Waals surface area (Å²) in [5.74, 6) is 0. The van der Waals surface area contributed by atoms with Crippen LogP contribution in [0.5, 0.6) is 0 Å². The number of aryl methyl sites for hydroxylation is 1. The molecule has 9 heteroatoms. The molecule has 0 aliphatic rings. The van der Waals surface area contributed by atoms with Gasteiger partial charge in [-0.1, -0.05) is 6.92 Å². The fraction of sp³-hybridized carbons (Fsp3) is 0.118. The van der Waals surface area contributed by atoms with Gasteiger partial charge in [0.05, 0.1) is 5.39 Å². The Morgan fingerprint density at radius 2 is 2.00 bits per heavy atom. The zero-order valence-corrected chi connectivity index (χ0v) is 14.6. The number of aromatic nitrogens is 4. The number of benzene rings is 1. The molecule has 3 heterocycles. The molecule has 0 saturated carbocycles. The lowest BCUT2D eigenvalue weighted by Gasteiger charge is -2.08. The first-order valence-corrected chi connectivity index (χ1v) is 9.44. The summed E-state index contributed by atoms with van der Waals surface area (Å²) in [6.07, 6.45) is 2.24. The Balaban J connectivity index is 1.76. The number of aromatic amines is 2. The summed E-state index contributed by atoms with van der Waals surface area (Å²) in [6.45, 7) is 1.95. The monoisotopic (exact) mass is 369 g/mol. The van der Waals surface area contributed by atoms with Crippen LogP contribution in [0.2, 0.25) is 0 Å². The normalized spacial score (nSPS) is 11.9. The second-order valence-corrected chi connectivity index (χ2v) is 7.42. The quantitative estimate of drug-likeness (QED) is 0.509. The molecular weight excluding hydrogens is 354 g/mol. The highest BCUT2D eigenvalue weighted by atomic mass is 32.2. The van der Waals surface area contributed by atoms with Crippen molar-refractivity contribution in [1.82, 2.24) is 20.2 Å². The number of H-pyrrole nitrogens is 2. The molecule has 0 unspecified atom stereocenters. The highest BCUT2D eigenvalue weighted by Crippen LogP contribution is 2.22. The van der Waals surface area contributed by atoms with Gasteiger partial charge in [-0.3, -0.25) is 14.6 Å². The highest BCUT2D eigenvalue weighted by Gasteiger charge is 2.21. The van der Waals surface area contributed by atoms with E-state index in [0.717, 1.165) is 5.69 Å². The summed E-state index contributed by atoms with van der Waals surface area (Å²) in [5.41, 5.74) is 1.93. The van der Waals surface area contributed by atoms with Crippen LogP contribution in [-0.4, -0.2) is 28.6 Å². The zero-order valence-electron chi connectivity index (χ0n) is 13.8. The molecule has 8 nitrogen and oxygen atoms in total. The third-order valence-electron chi connectivity index (χ3n) is 4.08. The topological polar surface area (TPSA) is 121 Å². The number of hydrogen-bond acceptors (Lipinski definition) is 5. The predicted octanol–water partition coefficient (Wildman–Crippen LogP) is 2.16. The largest absolute Gasteiger partial charge is 0.358 e. The summed E-state index contributed by atoms with van der Waals surface area (Å²) in [5, 5.41) is 7.14. The van der Waals surface area contributed by atoms with Crippen LogP contribution in [0.1, 0.15) is 12.6 Å². The molecule has 4 rings (SSSR count). The van der Waals surface area contributed by atoms with Gasteiger partial charge in [0.15, 0.2) is 16.1 Å². The lowest BCUT2D eigenvalue weighted by atomic mass is 10.1. The van der Waals surface area contributed by atoms with Gasteiger partial charge in [0, 0.05) is 34.5 Å². The van der Waals surface area contributed by atoms with Crippen LogP contribution in [0.3, 0.4) is 0 Å². The van der Waals surface area contributed by atoms with E-state index in [-0.39, 0.29) is 10.5 Å². The van der Waals surface area contributed by atoms with Crippen LogP contribution in [-0.2, 0) is 16.4 Å². The molecular formula is C17H15N5O3S. The van der Waals surface area contributed by atoms with Gasteiger partial charge in [-0.2, -0.15) is 13.5 Å². The summed E-state index contributed by atoms with van der Waals surface area (Å²) in [4.78, 5) is 19.4. The molecule has 0 fully saturated rings. The van der Waals surface area contributed by atoms with Crippen molar-refractivity contribution in [3.8, 4) is 0 Å². The molecule has 0 spiro atoms. The molecule has 0 atom stereocenters. The van der Waals surface area contributed by atoms with E-state index in [4.69, 9.17) is 0 Å². The van der Waals surface area contributed by atoms with E-state index in [1.807, 2.05) is 6.92 Å². The van der Waals surface area contributed by atoms with Crippen LogP contribution >= 0.6 is 0 Å². The number of sulfonamides is 1. The molecule has 0 aliphatic heterocycles. The molecule has 0 aliphatic carbocycles. The van der Waals surface area contributed by atoms with Gasteiger partial charge in [-0.05, 0) is 36.8 Å². The van der Waals surface area contributed by atoms with Gasteiger partial charge in [-0.25, -0.2) is 4.98 Å². The molecule has 0 saturated heterocycles. The summed E-state index contributed by atoms with van der Waals surface area (Å²) >= 11 is 0. The fourth-order valence-electron chi connectivity index (χ4n) is 2.79. The second kappa shape index (κ2) is 5.95. The first-order chi connectivity index (χ1) is 12.5. The minimum Gasteiger partial charge on any atom is -0.358 e. The maximum Gasteiger partial charge on any atom is 0.279 e. The maximum absolute atomic E-state index is 12.7. The average molecular weight is 369 g/mol.